The number of nitrogens with zero attached hydrogens (tertiary/aromatic N) is 3. The Morgan fingerprint density at radius 2 is 1.75 bits per heavy atom. The predicted molar refractivity (Wildman–Crippen MR) is 93.5 cm³/mol. The zero-order chi connectivity index (χ0) is 16.5. The molecule has 0 saturated heterocycles. The van der Waals surface area contributed by atoms with E-state index in [2.05, 4.69) is 19.9 Å². The quantitative estimate of drug-likeness (QED) is 0.605. The summed E-state index contributed by atoms with van der Waals surface area (Å²) in [6.45, 7) is 0. The van der Waals surface area contributed by atoms with Gasteiger partial charge in [0.15, 0.2) is 0 Å². The molecule has 0 radical (unpaired) electrons. The Morgan fingerprint density at radius 3 is 2.50 bits per heavy atom. The number of H-pyrrole nitrogens is 1. The number of nitrogen functional groups attached to an aromatic ring is 1. The van der Waals surface area contributed by atoms with Crippen molar-refractivity contribution >= 4 is 17.0 Å². The largest absolute Gasteiger partial charge is 0.497 e. The molecule has 0 spiro atoms. The molecule has 0 unspecified atom stereocenters. The highest BCUT2D eigenvalue weighted by molar-refractivity contribution is 6.03. The molecule has 6 nitrogen and oxygen atoms in total. The van der Waals surface area contributed by atoms with Crippen molar-refractivity contribution in [2.45, 2.75) is 0 Å². The van der Waals surface area contributed by atoms with Gasteiger partial charge in [-0.1, -0.05) is 12.1 Å². The number of hydrogen-bond donors (Lipinski definition) is 2. The van der Waals surface area contributed by atoms with E-state index in [1.165, 1.54) is 0 Å². The maximum Gasteiger partial charge on any atom is 0.220 e. The second-order valence-electron chi connectivity index (χ2n) is 5.31. The van der Waals surface area contributed by atoms with Gasteiger partial charge in [-0.05, 0) is 35.4 Å². The van der Waals surface area contributed by atoms with Gasteiger partial charge in [-0.25, -0.2) is 15.0 Å². The zero-order valence-corrected chi connectivity index (χ0v) is 13.0. The van der Waals surface area contributed by atoms with E-state index in [9.17, 15) is 0 Å². The van der Waals surface area contributed by atoms with E-state index in [1.54, 1.807) is 19.5 Å². The molecule has 3 heterocycles. The average molecular weight is 317 g/mol. The van der Waals surface area contributed by atoms with Gasteiger partial charge < -0.3 is 15.5 Å². The number of nitrogens with one attached hydrogen (secondary N) is 1. The molecule has 0 saturated carbocycles. The minimum absolute atomic E-state index is 0.247. The first-order valence-electron chi connectivity index (χ1n) is 7.45. The van der Waals surface area contributed by atoms with E-state index in [0.29, 0.717) is 0 Å². The van der Waals surface area contributed by atoms with Gasteiger partial charge in [-0.3, -0.25) is 0 Å². The van der Waals surface area contributed by atoms with E-state index in [0.717, 1.165) is 39.2 Å². The molecule has 0 aliphatic carbocycles. The van der Waals surface area contributed by atoms with Crippen LogP contribution >= 0.6 is 0 Å². The summed E-state index contributed by atoms with van der Waals surface area (Å²) in [5.41, 5.74) is 10.4. The number of nitrogens with two attached hydrogens (primary N) is 1. The molecule has 0 aliphatic heterocycles. The monoisotopic (exact) mass is 317 g/mol. The number of fused-ring (bicyclic) bond motifs is 1. The van der Waals surface area contributed by atoms with Crippen molar-refractivity contribution < 1.29 is 4.74 Å². The van der Waals surface area contributed by atoms with Gasteiger partial charge in [0.2, 0.25) is 5.95 Å². The Labute approximate surface area is 138 Å². The Balaban J connectivity index is 1.94. The van der Waals surface area contributed by atoms with Gasteiger partial charge in [-0.2, -0.15) is 0 Å². The lowest BCUT2D eigenvalue weighted by atomic mass is 10.00. The molecular weight excluding hydrogens is 302 g/mol. The maximum atomic E-state index is 5.73. The van der Waals surface area contributed by atoms with E-state index in [4.69, 9.17) is 10.5 Å². The number of aromatic amines is 1. The lowest BCUT2D eigenvalue weighted by molar-refractivity contribution is 0.415. The Bertz CT molecular complexity index is 1010. The van der Waals surface area contributed by atoms with Gasteiger partial charge in [-0.15, -0.1) is 0 Å². The minimum Gasteiger partial charge on any atom is -0.497 e. The maximum absolute atomic E-state index is 5.73. The summed E-state index contributed by atoms with van der Waals surface area (Å²) in [4.78, 5) is 15.9. The fourth-order valence-corrected chi connectivity index (χ4v) is 2.79. The van der Waals surface area contributed by atoms with E-state index in [1.807, 2.05) is 42.6 Å². The molecule has 4 aromatic rings. The van der Waals surface area contributed by atoms with Crippen LogP contribution in [0.25, 0.3) is 33.4 Å². The van der Waals surface area contributed by atoms with Crippen molar-refractivity contribution in [3.8, 4) is 28.1 Å². The number of benzene rings is 1. The second-order valence-corrected chi connectivity index (χ2v) is 5.31. The molecule has 0 aliphatic rings. The summed E-state index contributed by atoms with van der Waals surface area (Å²) in [5, 5.41) is 1.00. The molecule has 4 rings (SSSR count). The van der Waals surface area contributed by atoms with Crippen molar-refractivity contribution in [3.63, 3.8) is 0 Å². The van der Waals surface area contributed by atoms with Crippen LogP contribution in [0.4, 0.5) is 5.95 Å². The third-order valence-electron chi connectivity index (χ3n) is 3.92. The van der Waals surface area contributed by atoms with Crippen molar-refractivity contribution in [2.75, 3.05) is 12.8 Å². The molecule has 0 fully saturated rings. The standard InChI is InChI=1S/C18H15N5O/c1-24-12-4-2-11(3-5-12)13-6-8-20-17-16(13)14(10-22-17)15-7-9-21-18(19)23-15/h2-10H,1H3,(H,20,22)(H2,19,21,23). The minimum atomic E-state index is 0.247. The van der Waals surface area contributed by atoms with Crippen molar-refractivity contribution in [2.24, 2.45) is 0 Å². The molecule has 0 bridgehead atoms. The van der Waals surface area contributed by atoms with Crippen molar-refractivity contribution in [1.29, 1.82) is 0 Å². The van der Waals surface area contributed by atoms with Crippen LogP contribution in [0.15, 0.2) is 55.0 Å². The number of aromatic nitrogens is 4. The van der Waals surface area contributed by atoms with E-state index < -0.39 is 0 Å². The summed E-state index contributed by atoms with van der Waals surface area (Å²) in [6.07, 6.45) is 5.34. The Kier molecular flexibility index (Phi) is 3.35. The SMILES string of the molecule is COc1ccc(-c2ccnc3[nH]cc(-c4ccnc(N)n4)c23)cc1. The molecule has 0 atom stereocenters. The topological polar surface area (TPSA) is 89.7 Å². The van der Waals surface area contributed by atoms with Crippen LogP contribution in [-0.4, -0.2) is 27.0 Å². The fraction of sp³-hybridized carbons (Fsp3) is 0.0556. The van der Waals surface area contributed by atoms with Crippen molar-refractivity contribution in [1.82, 2.24) is 19.9 Å². The summed E-state index contributed by atoms with van der Waals surface area (Å²) < 4.78 is 5.23. The number of pyridine rings is 1. The number of rotatable bonds is 3. The molecule has 6 heteroatoms. The number of methoxy groups -OCH3 is 1. The Morgan fingerprint density at radius 1 is 0.958 bits per heavy atom. The molecule has 0 amide bonds. The van der Waals surface area contributed by atoms with Crippen LogP contribution in [0.3, 0.4) is 0 Å². The first-order valence-corrected chi connectivity index (χ1v) is 7.45. The number of ether oxygens (including phenoxy) is 1. The summed E-state index contributed by atoms with van der Waals surface area (Å²) in [5.74, 6) is 1.07. The first-order chi connectivity index (χ1) is 11.8. The molecule has 118 valence electrons. The molecular formula is C18H15N5O. The second kappa shape index (κ2) is 5.66. The third kappa shape index (κ3) is 2.34. The lowest BCUT2D eigenvalue weighted by Gasteiger charge is -2.07. The number of anilines is 1. The normalized spacial score (nSPS) is 10.9. The van der Waals surface area contributed by atoms with Crippen LogP contribution in [-0.2, 0) is 0 Å². The Hall–Kier alpha value is -3.41. The van der Waals surface area contributed by atoms with Crippen LogP contribution in [0.2, 0.25) is 0 Å². The molecule has 1 aromatic carbocycles. The van der Waals surface area contributed by atoms with Gasteiger partial charge in [0.1, 0.15) is 11.4 Å². The number of hydrogen-bond acceptors (Lipinski definition) is 5. The van der Waals surface area contributed by atoms with E-state index >= 15 is 0 Å². The average Bonchev–Trinajstić information content (AvgIpc) is 3.06. The van der Waals surface area contributed by atoms with Gasteiger partial charge in [0.25, 0.3) is 0 Å². The molecule has 24 heavy (non-hydrogen) atoms. The highest BCUT2D eigenvalue weighted by Crippen LogP contribution is 2.35. The van der Waals surface area contributed by atoms with Gasteiger partial charge >= 0.3 is 0 Å². The lowest BCUT2D eigenvalue weighted by Crippen LogP contribution is -1.95. The van der Waals surface area contributed by atoms with E-state index in [-0.39, 0.29) is 5.95 Å². The third-order valence-corrected chi connectivity index (χ3v) is 3.92. The van der Waals surface area contributed by atoms with Gasteiger partial charge in [0, 0.05) is 29.5 Å². The van der Waals surface area contributed by atoms with Crippen LogP contribution in [0.5, 0.6) is 5.75 Å². The smallest absolute Gasteiger partial charge is 0.220 e. The van der Waals surface area contributed by atoms with Crippen LogP contribution in [0.1, 0.15) is 0 Å². The summed E-state index contributed by atoms with van der Waals surface area (Å²) in [6, 6.07) is 11.8. The van der Waals surface area contributed by atoms with Crippen LogP contribution < -0.4 is 10.5 Å². The zero-order valence-electron chi connectivity index (χ0n) is 13.0. The molecule has 3 N–H and O–H groups in total. The first kappa shape index (κ1) is 14.2. The summed E-state index contributed by atoms with van der Waals surface area (Å²) in [7, 11) is 1.66. The van der Waals surface area contributed by atoms with Crippen LogP contribution in [0, 0.1) is 0 Å². The molecule has 3 aromatic heterocycles. The summed E-state index contributed by atoms with van der Waals surface area (Å²) >= 11 is 0. The van der Waals surface area contributed by atoms with Gasteiger partial charge in [0.05, 0.1) is 12.8 Å². The van der Waals surface area contributed by atoms with Crippen molar-refractivity contribution in [3.05, 3.63) is 55.0 Å². The fourth-order valence-electron chi connectivity index (χ4n) is 2.79. The highest BCUT2D eigenvalue weighted by Gasteiger charge is 2.14. The highest BCUT2D eigenvalue weighted by atomic mass is 16.5. The predicted octanol–water partition coefficient (Wildman–Crippen LogP) is 3.28.